The van der Waals surface area contributed by atoms with E-state index in [1.165, 1.54) is 19.1 Å². The molecule has 1 atom stereocenters. The number of nitrogens with zero attached hydrogens (tertiary/aromatic N) is 2. The molecule has 0 bridgehead atoms. The van der Waals surface area contributed by atoms with Crippen molar-refractivity contribution in [2.45, 2.75) is 13.0 Å². The van der Waals surface area contributed by atoms with E-state index >= 15 is 0 Å². The van der Waals surface area contributed by atoms with Gasteiger partial charge in [-0.2, -0.15) is 5.26 Å². The lowest BCUT2D eigenvalue weighted by atomic mass is 10.2. The van der Waals surface area contributed by atoms with Gasteiger partial charge >= 0.3 is 5.97 Å². The van der Waals surface area contributed by atoms with Gasteiger partial charge in [-0.25, -0.2) is 4.79 Å². The second-order valence-electron chi connectivity index (χ2n) is 5.15. The Bertz CT molecular complexity index is 923. The molecule has 0 radical (unpaired) electrons. The fourth-order valence-electron chi connectivity index (χ4n) is 2.02. The monoisotopic (exact) mass is 373 g/mol. The van der Waals surface area contributed by atoms with Crippen molar-refractivity contribution in [1.29, 1.82) is 5.26 Å². The minimum Gasteiger partial charge on any atom is -0.449 e. The Balaban J connectivity index is 2.10. The predicted octanol–water partition coefficient (Wildman–Crippen LogP) is 3.30. The van der Waals surface area contributed by atoms with Gasteiger partial charge in [0.25, 0.3) is 11.6 Å². The number of carbonyl (C=O) groups is 2. The molecule has 1 unspecified atom stereocenters. The van der Waals surface area contributed by atoms with Gasteiger partial charge < -0.3 is 10.1 Å². The number of nitro benzene ring substituents is 1. The molecule has 0 saturated heterocycles. The third-order valence-electron chi connectivity index (χ3n) is 3.29. The van der Waals surface area contributed by atoms with Crippen molar-refractivity contribution in [3.63, 3.8) is 0 Å². The van der Waals surface area contributed by atoms with Crippen LogP contribution in [0.3, 0.4) is 0 Å². The fraction of sp³-hybridized carbons (Fsp3) is 0.118. The average Bonchev–Trinajstić information content (AvgIpc) is 2.61. The predicted molar refractivity (Wildman–Crippen MR) is 92.8 cm³/mol. The Morgan fingerprint density at radius 2 is 2.04 bits per heavy atom. The molecule has 0 aliphatic rings. The summed E-state index contributed by atoms with van der Waals surface area (Å²) in [5.74, 6) is -1.67. The first-order valence-corrected chi connectivity index (χ1v) is 7.65. The summed E-state index contributed by atoms with van der Waals surface area (Å²) in [7, 11) is 0. The number of halogens is 1. The van der Waals surface area contributed by atoms with Gasteiger partial charge in [0.05, 0.1) is 16.6 Å². The summed E-state index contributed by atoms with van der Waals surface area (Å²) in [4.78, 5) is 34.6. The van der Waals surface area contributed by atoms with E-state index < -0.39 is 28.6 Å². The highest BCUT2D eigenvalue weighted by molar-refractivity contribution is 6.31. The fourth-order valence-corrected chi connectivity index (χ4v) is 2.18. The maximum absolute atomic E-state index is 12.2. The molecular weight excluding hydrogens is 362 g/mol. The number of ether oxygens (including phenoxy) is 1. The third kappa shape index (κ3) is 4.55. The zero-order chi connectivity index (χ0) is 19.3. The Kier molecular flexibility index (Phi) is 5.88. The molecule has 0 heterocycles. The lowest BCUT2D eigenvalue weighted by Gasteiger charge is -2.13. The van der Waals surface area contributed by atoms with Crippen LogP contribution in [0, 0.1) is 21.4 Å². The molecule has 0 spiro atoms. The van der Waals surface area contributed by atoms with E-state index in [1.54, 1.807) is 18.2 Å². The standard InChI is InChI=1S/C17H12ClN3O5/c1-10(16(22)20-13-4-2-3-11(7-13)9-19)26-17(23)14-6-5-12(18)8-15(14)21(24)25/h2-8,10H,1H3,(H,20,22). The van der Waals surface area contributed by atoms with Gasteiger partial charge in [0.1, 0.15) is 5.56 Å². The maximum Gasteiger partial charge on any atom is 0.345 e. The third-order valence-corrected chi connectivity index (χ3v) is 3.52. The molecule has 2 aromatic rings. The van der Waals surface area contributed by atoms with Gasteiger partial charge in [0.15, 0.2) is 6.10 Å². The Hall–Kier alpha value is -3.44. The SMILES string of the molecule is CC(OC(=O)c1ccc(Cl)cc1[N+](=O)[O-])C(=O)Nc1cccc(C#N)c1. The smallest absolute Gasteiger partial charge is 0.345 e. The van der Waals surface area contributed by atoms with Gasteiger partial charge in [-0.3, -0.25) is 14.9 Å². The molecular formula is C17H12ClN3O5. The quantitative estimate of drug-likeness (QED) is 0.487. The van der Waals surface area contributed by atoms with Crippen LogP contribution in [0.4, 0.5) is 11.4 Å². The summed E-state index contributed by atoms with van der Waals surface area (Å²) in [5, 5.41) is 22.5. The molecule has 0 fully saturated rings. The first-order valence-electron chi connectivity index (χ1n) is 7.27. The van der Waals surface area contributed by atoms with Crippen molar-refractivity contribution in [3.8, 4) is 6.07 Å². The highest BCUT2D eigenvalue weighted by atomic mass is 35.5. The van der Waals surface area contributed by atoms with Gasteiger partial charge in [-0.05, 0) is 37.3 Å². The molecule has 1 N–H and O–H groups in total. The molecule has 2 rings (SSSR count). The van der Waals surface area contributed by atoms with Crippen LogP contribution in [-0.2, 0) is 9.53 Å². The van der Waals surface area contributed by atoms with Crippen molar-refractivity contribution in [3.05, 3.63) is 68.7 Å². The second-order valence-corrected chi connectivity index (χ2v) is 5.58. The van der Waals surface area contributed by atoms with Crippen molar-refractivity contribution in [1.82, 2.24) is 0 Å². The van der Waals surface area contributed by atoms with Crippen LogP contribution in [0.15, 0.2) is 42.5 Å². The summed E-state index contributed by atoms with van der Waals surface area (Å²) < 4.78 is 4.99. The largest absolute Gasteiger partial charge is 0.449 e. The van der Waals surface area contributed by atoms with Crippen molar-refractivity contribution < 1.29 is 19.2 Å². The Morgan fingerprint density at radius 1 is 1.31 bits per heavy atom. The molecule has 8 nitrogen and oxygen atoms in total. The van der Waals surface area contributed by atoms with Crippen LogP contribution in [-0.4, -0.2) is 22.9 Å². The average molecular weight is 374 g/mol. The van der Waals surface area contributed by atoms with E-state index in [0.29, 0.717) is 11.3 Å². The maximum atomic E-state index is 12.2. The second kappa shape index (κ2) is 8.09. The number of benzene rings is 2. The summed E-state index contributed by atoms with van der Waals surface area (Å²) in [5.41, 5.74) is -0.124. The summed E-state index contributed by atoms with van der Waals surface area (Å²) in [6.07, 6.45) is -1.22. The highest BCUT2D eigenvalue weighted by Gasteiger charge is 2.25. The zero-order valence-electron chi connectivity index (χ0n) is 13.4. The summed E-state index contributed by atoms with van der Waals surface area (Å²) in [6.45, 7) is 1.32. The minimum atomic E-state index is -1.22. The highest BCUT2D eigenvalue weighted by Crippen LogP contribution is 2.24. The Morgan fingerprint density at radius 3 is 2.69 bits per heavy atom. The Labute approximate surface area is 153 Å². The topological polar surface area (TPSA) is 122 Å². The lowest BCUT2D eigenvalue weighted by molar-refractivity contribution is -0.385. The zero-order valence-corrected chi connectivity index (χ0v) is 14.2. The van der Waals surface area contributed by atoms with E-state index in [4.69, 9.17) is 21.6 Å². The summed E-state index contributed by atoms with van der Waals surface area (Å²) in [6, 6.07) is 11.6. The van der Waals surface area contributed by atoms with E-state index in [2.05, 4.69) is 5.32 Å². The number of hydrogen-bond donors (Lipinski definition) is 1. The number of rotatable bonds is 5. The van der Waals surface area contributed by atoms with Crippen LogP contribution in [0.1, 0.15) is 22.8 Å². The number of anilines is 1. The van der Waals surface area contributed by atoms with E-state index in [0.717, 1.165) is 12.1 Å². The molecule has 9 heteroatoms. The van der Waals surface area contributed by atoms with Gasteiger partial charge in [-0.15, -0.1) is 0 Å². The molecule has 26 heavy (non-hydrogen) atoms. The van der Waals surface area contributed by atoms with E-state index in [9.17, 15) is 19.7 Å². The summed E-state index contributed by atoms with van der Waals surface area (Å²) >= 11 is 5.69. The van der Waals surface area contributed by atoms with E-state index in [-0.39, 0.29) is 10.6 Å². The van der Waals surface area contributed by atoms with Crippen LogP contribution < -0.4 is 5.32 Å². The minimum absolute atomic E-state index is 0.0939. The van der Waals surface area contributed by atoms with Gasteiger partial charge in [0, 0.05) is 16.8 Å². The first kappa shape index (κ1) is 18.9. The van der Waals surface area contributed by atoms with Crippen LogP contribution in [0.5, 0.6) is 0 Å². The molecule has 2 aromatic carbocycles. The normalized spacial score (nSPS) is 11.1. The van der Waals surface area contributed by atoms with Crippen LogP contribution in [0.2, 0.25) is 5.02 Å². The number of esters is 1. The molecule has 0 aliphatic carbocycles. The molecule has 0 saturated carbocycles. The van der Waals surface area contributed by atoms with Crippen LogP contribution >= 0.6 is 11.6 Å². The van der Waals surface area contributed by atoms with Gasteiger partial charge in [0.2, 0.25) is 0 Å². The molecule has 0 aromatic heterocycles. The lowest BCUT2D eigenvalue weighted by Crippen LogP contribution is -2.30. The molecule has 132 valence electrons. The van der Waals surface area contributed by atoms with E-state index in [1.807, 2.05) is 6.07 Å². The number of nitrogens with one attached hydrogen (secondary N) is 1. The molecule has 0 aliphatic heterocycles. The molecule has 1 amide bonds. The van der Waals surface area contributed by atoms with Crippen molar-refractivity contribution >= 4 is 34.9 Å². The van der Waals surface area contributed by atoms with Gasteiger partial charge in [-0.1, -0.05) is 17.7 Å². The van der Waals surface area contributed by atoms with Crippen LogP contribution in [0.25, 0.3) is 0 Å². The number of carbonyl (C=O) groups excluding carboxylic acids is 2. The van der Waals surface area contributed by atoms with Crippen molar-refractivity contribution in [2.24, 2.45) is 0 Å². The number of hydrogen-bond acceptors (Lipinski definition) is 6. The van der Waals surface area contributed by atoms with Crippen molar-refractivity contribution in [2.75, 3.05) is 5.32 Å². The first-order chi connectivity index (χ1) is 12.3. The number of nitriles is 1. The number of nitro groups is 1. The number of amides is 1.